The van der Waals surface area contributed by atoms with Gasteiger partial charge in [-0.05, 0) is 155 Å². The molecule has 1 aliphatic carbocycles. The number of hydrogen-bond acceptors (Lipinski definition) is 0. The predicted octanol–water partition coefficient (Wildman–Crippen LogP) is 5.13. The second-order valence-electron chi connectivity index (χ2n) is 19.7. The van der Waals surface area contributed by atoms with Gasteiger partial charge < -0.3 is 0 Å². The molecule has 0 aliphatic heterocycles. The van der Waals surface area contributed by atoms with Crippen molar-refractivity contribution in [1.29, 1.82) is 0 Å². The van der Waals surface area contributed by atoms with Crippen LogP contribution in [0.15, 0.2) is 152 Å². The van der Waals surface area contributed by atoms with E-state index in [4.69, 9.17) is 102 Å². The van der Waals surface area contributed by atoms with Gasteiger partial charge in [0.25, 0.3) is 0 Å². The smallest absolute Gasteiger partial charge is 0.115 e. The van der Waals surface area contributed by atoms with Gasteiger partial charge in [-0.1, -0.05) is 161 Å². The summed E-state index contributed by atoms with van der Waals surface area (Å²) < 4.78 is 0. The van der Waals surface area contributed by atoms with Crippen LogP contribution in [0.1, 0.15) is 11.1 Å². The quantitative estimate of drug-likeness (QED) is 0.161. The van der Waals surface area contributed by atoms with Crippen LogP contribution in [0, 0.1) is 0 Å². The topological polar surface area (TPSA) is 0 Å². The molecule has 72 heavy (non-hydrogen) atoms. The van der Waals surface area contributed by atoms with Crippen molar-refractivity contribution in [2.45, 2.75) is 15.6 Å². The summed E-state index contributed by atoms with van der Waals surface area (Å²) in [6, 6.07) is 53.8. The lowest BCUT2D eigenvalue weighted by Crippen LogP contribution is -2.59. The summed E-state index contributed by atoms with van der Waals surface area (Å²) in [7, 11) is 89.3. The Morgan fingerprint density at radius 2 is 0.639 bits per heavy atom. The van der Waals surface area contributed by atoms with Crippen LogP contribution in [0.25, 0.3) is 120 Å². The molecule has 0 heterocycles. The largest absolute Gasteiger partial charge is 0.119 e. The summed E-state index contributed by atoms with van der Waals surface area (Å²) in [5.41, 5.74) is 4.93. The Balaban J connectivity index is 1.07. The molecule has 0 spiro atoms. The summed E-state index contributed by atoms with van der Waals surface area (Å²) in [5.74, 6) is 0. The van der Waals surface area contributed by atoms with Gasteiger partial charge in [0, 0.05) is 0 Å². The highest BCUT2D eigenvalue weighted by atomic mass is 14.5. The lowest BCUT2D eigenvalue weighted by molar-refractivity contribution is 0.540. The molecule has 13 rings (SSSR count). The zero-order valence-corrected chi connectivity index (χ0v) is 38.9. The van der Waals surface area contributed by atoms with Crippen LogP contribution < -0.4 is 38.2 Å². The molecule has 12 aromatic rings. The third-order valence-electron chi connectivity index (χ3n) is 15.7. The molecule has 300 valence electrons. The minimum Gasteiger partial charge on any atom is -0.119 e. The normalized spacial score (nSPS) is 13.6. The third-order valence-corrected chi connectivity index (χ3v) is 15.7. The Hall–Kier alpha value is -6.44. The van der Waals surface area contributed by atoms with Gasteiger partial charge in [0.2, 0.25) is 0 Å². The number of hydrogen-bond donors (Lipinski definition) is 0. The zero-order valence-electron chi connectivity index (χ0n) is 38.9. The van der Waals surface area contributed by atoms with Crippen molar-refractivity contribution in [1.82, 2.24) is 0 Å². The molecule has 0 nitrogen and oxygen atoms in total. The second kappa shape index (κ2) is 15.5. The van der Waals surface area contributed by atoms with Gasteiger partial charge in [0.05, 0.1) is 47.1 Å². The van der Waals surface area contributed by atoms with Crippen LogP contribution in [0.4, 0.5) is 0 Å². The van der Waals surface area contributed by atoms with Gasteiger partial charge in [0.1, 0.15) is 54.9 Å². The maximum atomic E-state index is 7.50. The first-order chi connectivity index (χ1) is 34.4. The number of benzene rings is 12. The molecular formula is C59H25B13. The molecule has 13 heteroatoms. The molecule has 0 saturated carbocycles. The molecule has 0 saturated heterocycles. The maximum Gasteiger partial charge on any atom is 0.115 e. The molecule has 1 aliphatic rings. The highest BCUT2D eigenvalue weighted by Crippen LogP contribution is 2.63. The molecule has 0 unspecified atom stereocenters. The van der Waals surface area contributed by atoms with Gasteiger partial charge in [-0.15, -0.1) is 21.2 Å². The summed E-state index contributed by atoms with van der Waals surface area (Å²) in [4.78, 5) is 0. The highest BCUT2D eigenvalue weighted by Gasteiger charge is 2.57. The van der Waals surface area contributed by atoms with E-state index in [1.54, 1.807) is 0 Å². The van der Waals surface area contributed by atoms with Crippen molar-refractivity contribution in [3.63, 3.8) is 0 Å². The molecule has 0 aromatic heterocycles. The van der Waals surface area contributed by atoms with E-state index in [9.17, 15) is 0 Å². The van der Waals surface area contributed by atoms with Crippen molar-refractivity contribution in [2.24, 2.45) is 0 Å². The van der Waals surface area contributed by atoms with Crippen LogP contribution in [-0.2, 0) is 5.41 Å². The van der Waals surface area contributed by atoms with Gasteiger partial charge in [-0.25, -0.2) is 0 Å². The second-order valence-corrected chi connectivity index (χ2v) is 19.7. The average molecular weight is 874 g/mol. The van der Waals surface area contributed by atoms with E-state index in [0.29, 0.717) is 11.1 Å². The van der Waals surface area contributed by atoms with E-state index < -0.39 is 15.6 Å². The highest BCUT2D eigenvalue weighted by molar-refractivity contribution is 6.70. The Labute approximate surface area is 436 Å². The summed E-state index contributed by atoms with van der Waals surface area (Å²) in [6.07, 6.45) is 0. The van der Waals surface area contributed by atoms with Crippen LogP contribution in [0.3, 0.4) is 0 Å². The summed E-state index contributed by atoms with van der Waals surface area (Å²) in [6.45, 7) is 0. The van der Waals surface area contributed by atoms with Crippen molar-refractivity contribution < 1.29 is 0 Å². The van der Waals surface area contributed by atoms with Gasteiger partial charge in [-0.3, -0.25) is 0 Å². The monoisotopic (exact) mass is 876 g/mol. The van der Waals surface area contributed by atoms with Crippen molar-refractivity contribution in [2.75, 3.05) is 0 Å². The first-order valence-electron chi connectivity index (χ1n) is 23.5. The lowest BCUT2D eigenvalue weighted by atomic mass is 9.17. The first-order valence-corrected chi connectivity index (χ1v) is 23.5. The zero-order chi connectivity index (χ0) is 50.1. The minimum atomic E-state index is -2.38. The molecule has 0 atom stereocenters. The average Bonchev–Trinajstić information content (AvgIpc) is 3.73. The standard InChI is InChI=1S/C59H25B13/c60-50-45(51(61)52(62)46-47-49(54(64)56(66)55(65)53(47)63)57(48(46)50,58(67,68)69)59(70,71)72)36-24-34(23-35(25-36)38-20-16-33-14-12-29-4-2-6-31-18-22-40(38)44(33)42(29)31)26-7-9-27(10-8-26)37-19-15-32-13-11-28-3-1-5-30-17-21-39(37)43(32)41(28)30/h1-25H. The van der Waals surface area contributed by atoms with Crippen LogP contribution in [-0.4, -0.2) is 102 Å². The third kappa shape index (κ3) is 6.00. The SMILES string of the molecule is [B]c1c([B])c([B])c2c(c1[B])-c1c([B])c([B])c(-c3cc(-c4ccc(-c5ccc6ccc7cccc8ccc5c6c78)cc4)cc(-c4ccc5ccc6cccc7ccc4c5c67)c3)c([B])c1C2(C([B])([B])[B])C([B])([B])[B]. The Morgan fingerprint density at radius 1 is 0.278 bits per heavy atom. The van der Waals surface area contributed by atoms with Gasteiger partial charge in [0.15, 0.2) is 0 Å². The molecule has 0 amide bonds. The Bertz CT molecular complexity index is 4270. The van der Waals surface area contributed by atoms with Crippen LogP contribution in [0.5, 0.6) is 0 Å². The summed E-state index contributed by atoms with van der Waals surface area (Å²) in [5, 5.41) is 9.38. The predicted molar refractivity (Wildman–Crippen MR) is 319 cm³/mol. The lowest BCUT2D eigenvalue weighted by Gasteiger charge is -2.57. The van der Waals surface area contributed by atoms with E-state index in [1.807, 2.05) is 12.1 Å². The molecule has 0 N–H and O–H groups in total. The molecule has 0 fully saturated rings. The van der Waals surface area contributed by atoms with Crippen LogP contribution >= 0.6 is 0 Å². The van der Waals surface area contributed by atoms with Gasteiger partial charge in [-0.2, -0.15) is 0 Å². The maximum absolute atomic E-state index is 7.50. The minimum absolute atomic E-state index is 0.0181. The van der Waals surface area contributed by atoms with Crippen LogP contribution in [0.2, 0.25) is 10.2 Å². The van der Waals surface area contributed by atoms with E-state index in [2.05, 4.69) is 140 Å². The fourth-order valence-corrected chi connectivity index (χ4v) is 12.5. The fourth-order valence-electron chi connectivity index (χ4n) is 12.5. The Morgan fingerprint density at radius 3 is 1.14 bits per heavy atom. The van der Waals surface area contributed by atoms with E-state index >= 15 is 0 Å². The van der Waals surface area contributed by atoms with E-state index in [-0.39, 0.29) is 60.5 Å². The first kappa shape index (κ1) is 45.4. The van der Waals surface area contributed by atoms with Gasteiger partial charge >= 0.3 is 0 Å². The van der Waals surface area contributed by atoms with E-state index in [0.717, 1.165) is 60.3 Å². The van der Waals surface area contributed by atoms with Crippen molar-refractivity contribution in [3.05, 3.63) is 163 Å². The molecule has 0 bridgehead atoms. The Kier molecular flexibility index (Phi) is 9.80. The number of fused-ring (bicyclic) bond motifs is 3. The molecule has 26 radical (unpaired) electrons. The fraction of sp³-hybridized carbons (Fsp3) is 0.0508. The van der Waals surface area contributed by atoms with Crippen molar-refractivity contribution in [3.8, 4) is 55.6 Å². The molecular weight excluding hydrogens is 849 g/mol. The molecule has 12 aromatic carbocycles. The summed E-state index contributed by atoms with van der Waals surface area (Å²) >= 11 is 0. The number of rotatable bonds is 6. The van der Waals surface area contributed by atoms with E-state index in [1.165, 1.54) is 37.7 Å². The van der Waals surface area contributed by atoms with Crippen molar-refractivity contribution >= 4 is 205 Å².